The van der Waals surface area contributed by atoms with E-state index in [-0.39, 0.29) is 0 Å². The Morgan fingerprint density at radius 1 is 1.39 bits per heavy atom. The molecular formula is C14H16ClNO2. The first-order chi connectivity index (χ1) is 8.49. The monoisotopic (exact) mass is 265 g/mol. The molecule has 0 spiro atoms. The summed E-state index contributed by atoms with van der Waals surface area (Å²) in [7, 11) is 0. The Balaban J connectivity index is 2.50. The minimum Gasteiger partial charge on any atom is -0.480 e. The van der Waals surface area contributed by atoms with Crippen molar-refractivity contribution in [3.63, 3.8) is 0 Å². The van der Waals surface area contributed by atoms with Crippen LogP contribution in [-0.2, 0) is 4.79 Å². The Hall–Kier alpha value is -1.48. The molecule has 1 atom stereocenters. The molecule has 3 nitrogen and oxygen atoms in total. The van der Waals surface area contributed by atoms with Crippen LogP contribution >= 0.6 is 11.6 Å². The molecule has 0 saturated heterocycles. The van der Waals surface area contributed by atoms with Gasteiger partial charge in [-0.1, -0.05) is 31.5 Å². The molecule has 0 aliphatic carbocycles. The number of halogens is 1. The van der Waals surface area contributed by atoms with Gasteiger partial charge in [0.05, 0.1) is 5.52 Å². The molecule has 1 aromatic heterocycles. The molecule has 0 bridgehead atoms. The van der Waals surface area contributed by atoms with Gasteiger partial charge in [-0.3, -0.25) is 0 Å². The predicted octanol–water partition coefficient (Wildman–Crippen LogP) is 3.97. The maximum absolute atomic E-state index is 11.4. The highest BCUT2D eigenvalue weighted by molar-refractivity contribution is 6.31. The van der Waals surface area contributed by atoms with Crippen LogP contribution in [0.4, 0.5) is 0 Å². The van der Waals surface area contributed by atoms with Crippen LogP contribution in [0.1, 0.15) is 26.3 Å². The van der Waals surface area contributed by atoms with Crippen molar-refractivity contribution < 1.29 is 9.90 Å². The van der Waals surface area contributed by atoms with Crippen LogP contribution in [0.25, 0.3) is 10.9 Å². The highest BCUT2D eigenvalue weighted by atomic mass is 35.5. The van der Waals surface area contributed by atoms with Gasteiger partial charge < -0.3 is 9.67 Å². The van der Waals surface area contributed by atoms with Gasteiger partial charge in [-0.05, 0) is 35.9 Å². The number of hydrogen-bond acceptors (Lipinski definition) is 1. The standard InChI is InChI=1S/C14H16ClNO2/c1-9(2)7-13(14(17)18)16-6-5-10-3-4-11(15)8-12(10)16/h3-6,8-9,13H,7H2,1-2H3,(H,17,18). The van der Waals surface area contributed by atoms with Crippen LogP contribution in [0.5, 0.6) is 0 Å². The number of rotatable bonds is 4. The Kier molecular flexibility index (Phi) is 3.62. The smallest absolute Gasteiger partial charge is 0.326 e. The van der Waals surface area contributed by atoms with Crippen molar-refractivity contribution >= 4 is 28.5 Å². The molecule has 96 valence electrons. The molecule has 0 aliphatic heterocycles. The second-order valence-electron chi connectivity index (χ2n) is 4.91. The maximum atomic E-state index is 11.4. The van der Waals surface area contributed by atoms with Gasteiger partial charge in [0.25, 0.3) is 0 Å². The lowest BCUT2D eigenvalue weighted by molar-refractivity contribution is -0.141. The summed E-state index contributed by atoms with van der Waals surface area (Å²) in [4.78, 5) is 11.4. The zero-order chi connectivity index (χ0) is 13.3. The number of carbonyl (C=O) groups is 1. The summed E-state index contributed by atoms with van der Waals surface area (Å²) in [6.45, 7) is 4.04. The zero-order valence-corrected chi connectivity index (χ0v) is 11.2. The van der Waals surface area contributed by atoms with Crippen LogP contribution in [0, 0.1) is 5.92 Å². The van der Waals surface area contributed by atoms with E-state index in [0.29, 0.717) is 17.4 Å². The van der Waals surface area contributed by atoms with E-state index in [1.165, 1.54) is 0 Å². The molecule has 0 fully saturated rings. The minimum atomic E-state index is -0.804. The highest BCUT2D eigenvalue weighted by Gasteiger charge is 2.21. The van der Waals surface area contributed by atoms with Crippen molar-refractivity contribution in [2.24, 2.45) is 5.92 Å². The first-order valence-corrected chi connectivity index (χ1v) is 6.35. The Morgan fingerprint density at radius 2 is 2.11 bits per heavy atom. The minimum absolute atomic E-state index is 0.322. The summed E-state index contributed by atoms with van der Waals surface area (Å²) in [6.07, 6.45) is 2.42. The molecule has 2 rings (SSSR count). The van der Waals surface area contributed by atoms with E-state index in [9.17, 15) is 9.90 Å². The fourth-order valence-corrected chi connectivity index (χ4v) is 2.34. The molecule has 0 saturated carbocycles. The van der Waals surface area contributed by atoms with Gasteiger partial charge in [0.15, 0.2) is 0 Å². The van der Waals surface area contributed by atoms with E-state index in [1.54, 1.807) is 4.57 Å². The fraction of sp³-hybridized carbons (Fsp3) is 0.357. The predicted molar refractivity (Wildman–Crippen MR) is 73.1 cm³/mol. The van der Waals surface area contributed by atoms with Gasteiger partial charge in [0, 0.05) is 11.2 Å². The molecule has 0 amide bonds. The van der Waals surface area contributed by atoms with Crippen molar-refractivity contribution in [2.45, 2.75) is 26.3 Å². The van der Waals surface area contributed by atoms with Crippen LogP contribution in [0.15, 0.2) is 30.5 Å². The first kappa shape index (κ1) is 13.0. The largest absolute Gasteiger partial charge is 0.480 e. The number of fused-ring (bicyclic) bond motifs is 1. The summed E-state index contributed by atoms with van der Waals surface area (Å²) >= 11 is 5.98. The highest BCUT2D eigenvalue weighted by Crippen LogP contribution is 2.27. The van der Waals surface area contributed by atoms with Gasteiger partial charge in [0.2, 0.25) is 0 Å². The number of carboxylic acid groups (broad SMARTS) is 1. The molecule has 4 heteroatoms. The van der Waals surface area contributed by atoms with Crippen molar-refractivity contribution in [3.8, 4) is 0 Å². The van der Waals surface area contributed by atoms with Crippen molar-refractivity contribution in [3.05, 3.63) is 35.5 Å². The fourth-order valence-electron chi connectivity index (χ4n) is 2.17. The topological polar surface area (TPSA) is 42.2 Å². The summed E-state index contributed by atoms with van der Waals surface area (Å²) in [5.41, 5.74) is 0.871. The third kappa shape index (κ3) is 2.51. The second-order valence-corrected chi connectivity index (χ2v) is 5.35. The molecule has 1 N–H and O–H groups in total. The van der Waals surface area contributed by atoms with E-state index in [0.717, 1.165) is 10.9 Å². The molecule has 0 radical (unpaired) electrons. The average Bonchev–Trinajstić information content (AvgIpc) is 2.68. The SMILES string of the molecule is CC(C)CC(C(=O)O)n1ccc2ccc(Cl)cc21. The van der Waals surface area contributed by atoms with Crippen molar-refractivity contribution in [1.29, 1.82) is 0 Å². The lowest BCUT2D eigenvalue weighted by Gasteiger charge is -2.17. The van der Waals surface area contributed by atoms with Crippen LogP contribution in [0.3, 0.4) is 0 Å². The number of hydrogen-bond donors (Lipinski definition) is 1. The number of nitrogens with zero attached hydrogens (tertiary/aromatic N) is 1. The van der Waals surface area contributed by atoms with Gasteiger partial charge in [0.1, 0.15) is 6.04 Å². The summed E-state index contributed by atoms with van der Waals surface area (Å²) in [5, 5.41) is 11.0. The van der Waals surface area contributed by atoms with E-state index in [1.807, 2.05) is 44.3 Å². The van der Waals surface area contributed by atoms with Crippen LogP contribution < -0.4 is 0 Å². The van der Waals surface area contributed by atoms with Gasteiger partial charge in [-0.2, -0.15) is 0 Å². The first-order valence-electron chi connectivity index (χ1n) is 5.98. The number of aliphatic carboxylic acids is 1. The van der Waals surface area contributed by atoms with Crippen LogP contribution in [-0.4, -0.2) is 15.6 Å². The lowest BCUT2D eigenvalue weighted by Crippen LogP contribution is -2.20. The number of aromatic nitrogens is 1. The van der Waals surface area contributed by atoms with Gasteiger partial charge in [-0.15, -0.1) is 0 Å². The van der Waals surface area contributed by atoms with E-state index in [4.69, 9.17) is 11.6 Å². The van der Waals surface area contributed by atoms with E-state index >= 15 is 0 Å². The maximum Gasteiger partial charge on any atom is 0.326 e. The molecule has 0 aliphatic rings. The second kappa shape index (κ2) is 5.02. The molecule has 18 heavy (non-hydrogen) atoms. The van der Waals surface area contributed by atoms with Gasteiger partial charge in [-0.25, -0.2) is 4.79 Å². The molecule has 1 heterocycles. The summed E-state index contributed by atoms with van der Waals surface area (Å²) in [5.74, 6) is -0.482. The molecule has 1 aromatic carbocycles. The number of benzene rings is 1. The van der Waals surface area contributed by atoms with E-state index < -0.39 is 12.0 Å². The Labute approximate surface area is 111 Å². The van der Waals surface area contributed by atoms with Gasteiger partial charge >= 0.3 is 5.97 Å². The molecule has 2 aromatic rings. The average molecular weight is 266 g/mol. The third-order valence-electron chi connectivity index (χ3n) is 3.00. The Morgan fingerprint density at radius 3 is 2.72 bits per heavy atom. The van der Waals surface area contributed by atoms with Crippen molar-refractivity contribution in [2.75, 3.05) is 0 Å². The molecule has 1 unspecified atom stereocenters. The quantitative estimate of drug-likeness (QED) is 0.909. The zero-order valence-electron chi connectivity index (χ0n) is 10.4. The summed E-state index contributed by atoms with van der Waals surface area (Å²) in [6, 6.07) is 6.91. The Bertz CT molecular complexity index is 574. The third-order valence-corrected chi connectivity index (χ3v) is 3.24. The van der Waals surface area contributed by atoms with Crippen molar-refractivity contribution in [1.82, 2.24) is 4.57 Å². The summed E-state index contributed by atoms with van der Waals surface area (Å²) < 4.78 is 1.80. The molecular weight excluding hydrogens is 250 g/mol. The number of carboxylic acids is 1. The lowest BCUT2D eigenvalue weighted by atomic mass is 10.0. The van der Waals surface area contributed by atoms with Crippen LogP contribution in [0.2, 0.25) is 5.02 Å². The normalized spacial score (nSPS) is 13.1. The van der Waals surface area contributed by atoms with E-state index in [2.05, 4.69) is 0 Å².